The Kier molecular flexibility index (Phi) is 7.39. The molecule has 0 bridgehead atoms. The topological polar surface area (TPSA) is 26.3 Å². The monoisotopic (exact) mass is 268 g/mol. The second-order valence-electron chi connectivity index (χ2n) is 7.20. The number of carbonyl (C=O) groups excluding carboxylic acids is 1. The molecule has 0 aromatic carbocycles. The smallest absolute Gasteiger partial charge is 0.330 e. The quantitative estimate of drug-likeness (QED) is 0.435. The molecule has 0 radical (unpaired) electrons. The summed E-state index contributed by atoms with van der Waals surface area (Å²) in [5.41, 5.74) is 0.287. The van der Waals surface area contributed by atoms with Gasteiger partial charge in [-0.2, -0.15) is 0 Å². The van der Waals surface area contributed by atoms with Gasteiger partial charge in [0.15, 0.2) is 0 Å². The lowest BCUT2D eigenvalue weighted by molar-refractivity contribution is -0.141. The first-order chi connectivity index (χ1) is 8.65. The average Bonchev–Trinajstić information content (AvgIpc) is 2.31. The second kappa shape index (κ2) is 7.72. The fourth-order valence-electron chi connectivity index (χ4n) is 3.10. The normalized spacial score (nSPS) is 12.6. The maximum Gasteiger partial charge on any atom is 0.330 e. The van der Waals surface area contributed by atoms with Crippen molar-refractivity contribution in [2.24, 2.45) is 16.7 Å². The van der Waals surface area contributed by atoms with E-state index < -0.39 is 0 Å². The Labute approximate surface area is 119 Å². The van der Waals surface area contributed by atoms with Crippen molar-refractivity contribution in [1.82, 2.24) is 0 Å². The van der Waals surface area contributed by atoms with Gasteiger partial charge in [0.2, 0.25) is 0 Å². The highest BCUT2D eigenvalue weighted by atomic mass is 16.5. The van der Waals surface area contributed by atoms with Crippen LogP contribution in [0, 0.1) is 16.7 Å². The zero-order chi connectivity index (χ0) is 15.1. The van der Waals surface area contributed by atoms with Crippen molar-refractivity contribution in [3.8, 4) is 0 Å². The van der Waals surface area contributed by atoms with E-state index in [1.54, 1.807) is 0 Å². The highest BCUT2D eigenvalue weighted by Gasteiger charge is 2.31. The first kappa shape index (κ1) is 18.2. The van der Waals surface area contributed by atoms with Crippen molar-refractivity contribution in [3.05, 3.63) is 12.7 Å². The van der Waals surface area contributed by atoms with Crippen LogP contribution in [0.25, 0.3) is 0 Å². The number of carbonyl (C=O) groups is 1. The molecule has 0 unspecified atom stereocenters. The molecule has 0 rings (SSSR count). The van der Waals surface area contributed by atoms with Gasteiger partial charge in [-0.1, -0.05) is 61.0 Å². The van der Waals surface area contributed by atoms with Gasteiger partial charge in [-0.25, -0.2) is 4.79 Å². The molecular weight excluding hydrogens is 236 g/mol. The zero-order valence-corrected chi connectivity index (χ0v) is 13.7. The number of esters is 1. The summed E-state index contributed by atoms with van der Waals surface area (Å²) in [7, 11) is 0. The molecule has 2 nitrogen and oxygen atoms in total. The van der Waals surface area contributed by atoms with E-state index >= 15 is 0 Å². The minimum Gasteiger partial charge on any atom is -0.462 e. The van der Waals surface area contributed by atoms with Gasteiger partial charge >= 0.3 is 5.97 Å². The van der Waals surface area contributed by atoms with E-state index in [0.717, 1.165) is 12.3 Å². The van der Waals surface area contributed by atoms with Crippen LogP contribution >= 0.6 is 0 Å². The van der Waals surface area contributed by atoms with E-state index in [0.29, 0.717) is 6.61 Å². The Morgan fingerprint density at radius 2 is 1.68 bits per heavy atom. The molecule has 0 aromatic heterocycles. The number of hydrogen-bond donors (Lipinski definition) is 0. The average molecular weight is 268 g/mol. The third-order valence-corrected chi connectivity index (χ3v) is 3.72. The van der Waals surface area contributed by atoms with Crippen LogP contribution in [-0.4, -0.2) is 12.6 Å². The highest BCUT2D eigenvalue weighted by molar-refractivity contribution is 5.81. The van der Waals surface area contributed by atoms with Gasteiger partial charge in [0.05, 0.1) is 6.61 Å². The molecule has 0 atom stereocenters. The van der Waals surface area contributed by atoms with E-state index in [1.165, 1.54) is 25.3 Å². The lowest BCUT2D eigenvalue weighted by atomic mass is 9.70. The van der Waals surface area contributed by atoms with Crippen LogP contribution < -0.4 is 0 Å². The summed E-state index contributed by atoms with van der Waals surface area (Å²) in [5.74, 6) is 0.465. The first-order valence-electron chi connectivity index (χ1n) is 7.45. The molecule has 0 aliphatic rings. The summed E-state index contributed by atoms with van der Waals surface area (Å²) in [5, 5.41) is 0. The lowest BCUT2D eigenvalue weighted by Gasteiger charge is -2.36. The second-order valence-corrected chi connectivity index (χ2v) is 7.20. The van der Waals surface area contributed by atoms with Crippen LogP contribution in [0.2, 0.25) is 0 Å². The molecule has 0 saturated heterocycles. The van der Waals surface area contributed by atoms with Gasteiger partial charge in [-0.15, -0.1) is 0 Å². The third-order valence-electron chi connectivity index (χ3n) is 3.72. The Morgan fingerprint density at radius 3 is 2.11 bits per heavy atom. The van der Waals surface area contributed by atoms with Crippen LogP contribution in [0.3, 0.4) is 0 Å². The zero-order valence-electron chi connectivity index (χ0n) is 13.7. The van der Waals surface area contributed by atoms with Crippen LogP contribution in [0.15, 0.2) is 12.7 Å². The summed E-state index contributed by atoms with van der Waals surface area (Å²) in [4.78, 5) is 11.2. The third kappa shape index (κ3) is 8.07. The van der Waals surface area contributed by atoms with E-state index in [2.05, 4.69) is 48.1 Å². The van der Waals surface area contributed by atoms with Gasteiger partial charge in [0, 0.05) is 6.08 Å². The maximum atomic E-state index is 11.2. The van der Waals surface area contributed by atoms with Gasteiger partial charge in [0.25, 0.3) is 0 Å². The fourth-order valence-corrected chi connectivity index (χ4v) is 3.10. The van der Waals surface area contributed by atoms with Gasteiger partial charge in [-0.3, -0.25) is 0 Å². The minimum absolute atomic E-state index is 0.00814. The first-order valence-corrected chi connectivity index (χ1v) is 7.45. The molecule has 0 fully saturated rings. The fraction of sp³-hybridized carbons (Fsp3) is 0.824. The van der Waals surface area contributed by atoms with Gasteiger partial charge in [0.1, 0.15) is 0 Å². The highest BCUT2D eigenvalue weighted by Crippen LogP contribution is 2.39. The Bertz CT molecular complexity index is 286. The van der Waals surface area contributed by atoms with Crippen molar-refractivity contribution >= 4 is 5.97 Å². The van der Waals surface area contributed by atoms with Crippen LogP contribution in [-0.2, 0) is 9.53 Å². The molecule has 0 aliphatic carbocycles. The molecule has 0 amide bonds. The van der Waals surface area contributed by atoms with Crippen molar-refractivity contribution in [1.29, 1.82) is 0 Å². The molecule has 0 spiro atoms. The SMILES string of the molecule is C=CC(=O)OCC(C)(C)CC(C)(C)CC(CC)CC. The minimum atomic E-state index is -0.328. The molecule has 19 heavy (non-hydrogen) atoms. The van der Waals surface area contributed by atoms with Crippen LogP contribution in [0.5, 0.6) is 0 Å². The number of hydrogen-bond acceptors (Lipinski definition) is 2. The Morgan fingerprint density at radius 1 is 1.16 bits per heavy atom. The number of rotatable bonds is 9. The molecule has 0 heterocycles. The molecule has 112 valence electrons. The molecule has 0 aliphatic heterocycles. The summed E-state index contributed by atoms with van der Waals surface area (Å²) in [6.45, 7) is 17.4. The maximum absolute atomic E-state index is 11.2. The van der Waals surface area contributed by atoms with Crippen molar-refractivity contribution < 1.29 is 9.53 Å². The predicted octanol–water partition coefficient (Wildman–Crippen LogP) is 4.98. The van der Waals surface area contributed by atoms with Gasteiger partial charge < -0.3 is 4.74 Å². The van der Waals surface area contributed by atoms with E-state index in [-0.39, 0.29) is 16.8 Å². The van der Waals surface area contributed by atoms with E-state index in [9.17, 15) is 4.79 Å². The molecule has 0 aromatic rings. The predicted molar refractivity (Wildman–Crippen MR) is 82.0 cm³/mol. The molecule has 0 N–H and O–H groups in total. The Balaban J connectivity index is 4.43. The molecular formula is C17H32O2. The standard InChI is InChI=1S/C17H32O2/c1-8-14(9-2)11-16(4,5)12-17(6,7)13-19-15(18)10-3/h10,14H,3,8-9,11-13H2,1-2,4-7H3. The molecule has 0 saturated carbocycles. The van der Waals surface area contributed by atoms with Crippen LogP contribution in [0.1, 0.15) is 67.2 Å². The summed E-state index contributed by atoms with van der Waals surface area (Å²) in [6.07, 6.45) is 6.00. The lowest BCUT2D eigenvalue weighted by Crippen LogP contribution is -2.29. The van der Waals surface area contributed by atoms with E-state index in [1.807, 2.05) is 0 Å². The summed E-state index contributed by atoms with van der Waals surface area (Å²) in [6, 6.07) is 0. The largest absolute Gasteiger partial charge is 0.462 e. The van der Waals surface area contributed by atoms with Crippen molar-refractivity contribution in [2.75, 3.05) is 6.61 Å². The molecule has 2 heteroatoms. The summed E-state index contributed by atoms with van der Waals surface area (Å²) < 4.78 is 5.20. The van der Waals surface area contributed by atoms with Gasteiger partial charge in [-0.05, 0) is 29.6 Å². The van der Waals surface area contributed by atoms with Crippen molar-refractivity contribution in [3.63, 3.8) is 0 Å². The number of ether oxygens (including phenoxy) is 1. The van der Waals surface area contributed by atoms with Crippen molar-refractivity contribution in [2.45, 2.75) is 67.2 Å². The van der Waals surface area contributed by atoms with Crippen LogP contribution in [0.4, 0.5) is 0 Å². The van der Waals surface area contributed by atoms with E-state index in [4.69, 9.17) is 4.74 Å². The summed E-state index contributed by atoms with van der Waals surface area (Å²) >= 11 is 0. The Hall–Kier alpha value is -0.790.